The molecular formula is C19H17N5O2S. The Hall–Kier alpha value is -3.39. The molecule has 0 saturated heterocycles. The monoisotopic (exact) mass is 379 g/mol. The van der Waals surface area contributed by atoms with Crippen LogP contribution in [0.1, 0.15) is 5.82 Å². The molecule has 3 N–H and O–H groups in total. The van der Waals surface area contributed by atoms with E-state index in [-0.39, 0.29) is 12.1 Å². The molecule has 0 unspecified atom stereocenters. The third kappa shape index (κ3) is 3.00. The molecule has 0 atom stereocenters. The second-order valence-electron chi connectivity index (χ2n) is 6.05. The molecule has 0 spiro atoms. The number of aromatic amines is 1. The minimum Gasteiger partial charge on any atom is -0.497 e. The highest BCUT2D eigenvalue weighted by molar-refractivity contribution is 7.71. The van der Waals surface area contributed by atoms with Crippen molar-refractivity contribution in [2.75, 3.05) is 13.0 Å². The van der Waals surface area contributed by atoms with E-state index in [9.17, 15) is 4.79 Å². The van der Waals surface area contributed by atoms with Crippen molar-refractivity contribution in [3.05, 3.63) is 75.5 Å². The van der Waals surface area contributed by atoms with Gasteiger partial charge in [0.15, 0.2) is 5.82 Å². The summed E-state index contributed by atoms with van der Waals surface area (Å²) in [6.45, 7) is 0.182. The predicted molar refractivity (Wildman–Crippen MR) is 107 cm³/mol. The average Bonchev–Trinajstić information content (AvgIpc) is 3.02. The summed E-state index contributed by atoms with van der Waals surface area (Å²) in [4.78, 5) is 13.0. The summed E-state index contributed by atoms with van der Waals surface area (Å²) >= 11 is 5.06. The number of nitrogens with one attached hydrogen (secondary N) is 1. The fraction of sp³-hybridized carbons (Fsp3) is 0.105. The number of rotatable bonds is 4. The Kier molecular flexibility index (Phi) is 4.25. The Labute approximate surface area is 159 Å². The molecule has 4 rings (SSSR count). The van der Waals surface area contributed by atoms with Gasteiger partial charge < -0.3 is 15.1 Å². The Morgan fingerprint density at radius 3 is 2.63 bits per heavy atom. The van der Waals surface area contributed by atoms with E-state index >= 15 is 0 Å². The van der Waals surface area contributed by atoms with Gasteiger partial charge in [0.1, 0.15) is 5.75 Å². The maximum absolute atomic E-state index is 13.0. The zero-order chi connectivity index (χ0) is 19.0. The molecule has 0 aliphatic rings. The molecule has 0 bridgehead atoms. The van der Waals surface area contributed by atoms with Crippen LogP contribution in [0.15, 0.2) is 59.4 Å². The zero-order valence-corrected chi connectivity index (χ0v) is 15.4. The summed E-state index contributed by atoms with van der Waals surface area (Å²) in [5.74, 6) is 7.02. The molecule has 2 aromatic carbocycles. The van der Waals surface area contributed by atoms with Gasteiger partial charge in [-0.3, -0.25) is 9.89 Å². The van der Waals surface area contributed by atoms with Crippen LogP contribution in [0.3, 0.4) is 0 Å². The van der Waals surface area contributed by atoms with Gasteiger partial charge in [-0.25, -0.2) is 4.68 Å². The van der Waals surface area contributed by atoms with Gasteiger partial charge in [-0.2, -0.15) is 5.10 Å². The van der Waals surface area contributed by atoms with Crippen LogP contribution < -0.4 is 16.1 Å². The number of H-pyrrole nitrogens is 1. The van der Waals surface area contributed by atoms with Gasteiger partial charge in [0.05, 0.1) is 19.2 Å². The second kappa shape index (κ2) is 6.73. The lowest BCUT2D eigenvalue weighted by Gasteiger charge is -2.14. The SMILES string of the molecule is COc1ccc2c(-c3ccccc3)cc(=O)n(Cc3n[nH]c(=S)n3N)c2c1. The lowest BCUT2D eigenvalue weighted by Crippen LogP contribution is -2.24. The van der Waals surface area contributed by atoms with Gasteiger partial charge in [-0.1, -0.05) is 30.3 Å². The lowest BCUT2D eigenvalue weighted by molar-refractivity contribution is 0.415. The van der Waals surface area contributed by atoms with Gasteiger partial charge in [0, 0.05) is 17.5 Å². The minimum atomic E-state index is -0.163. The Morgan fingerprint density at radius 2 is 1.96 bits per heavy atom. The highest BCUT2D eigenvalue weighted by Crippen LogP contribution is 2.29. The normalized spacial score (nSPS) is 11.0. The number of hydrogen-bond acceptors (Lipinski definition) is 5. The summed E-state index contributed by atoms with van der Waals surface area (Å²) in [6, 6.07) is 17.1. The molecule has 0 fully saturated rings. The lowest BCUT2D eigenvalue weighted by atomic mass is 10.0. The Morgan fingerprint density at radius 1 is 1.19 bits per heavy atom. The molecule has 7 nitrogen and oxygen atoms in total. The molecule has 2 aromatic heterocycles. The first-order valence-electron chi connectivity index (χ1n) is 8.27. The van der Waals surface area contributed by atoms with Crippen LogP contribution in [0, 0.1) is 4.77 Å². The van der Waals surface area contributed by atoms with Crippen LogP contribution in [0.5, 0.6) is 5.75 Å². The first-order chi connectivity index (χ1) is 13.1. The first kappa shape index (κ1) is 17.0. The van der Waals surface area contributed by atoms with E-state index in [1.807, 2.05) is 48.5 Å². The molecular weight excluding hydrogens is 362 g/mol. The van der Waals surface area contributed by atoms with E-state index in [0.29, 0.717) is 16.3 Å². The second-order valence-corrected chi connectivity index (χ2v) is 6.43. The number of nitrogens with two attached hydrogens (primary N) is 1. The van der Waals surface area contributed by atoms with E-state index < -0.39 is 0 Å². The highest BCUT2D eigenvalue weighted by Gasteiger charge is 2.14. The standard InChI is InChI=1S/C19H17N5O2S/c1-26-13-7-8-14-15(12-5-3-2-4-6-12)10-18(25)23(16(14)9-13)11-17-21-22-19(27)24(17)20/h2-10H,11,20H2,1H3,(H,22,27). The number of pyridine rings is 1. The molecule has 8 heteroatoms. The van der Waals surface area contributed by atoms with Gasteiger partial charge in [0.2, 0.25) is 4.77 Å². The van der Waals surface area contributed by atoms with Crippen LogP contribution in [0.4, 0.5) is 0 Å². The van der Waals surface area contributed by atoms with Gasteiger partial charge in [-0.05, 0) is 35.5 Å². The van der Waals surface area contributed by atoms with Crippen molar-refractivity contribution in [2.45, 2.75) is 6.54 Å². The molecule has 27 heavy (non-hydrogen) atoms. The number of aromatic nitrogens is 4. The molecule has 0 amide bonds. The first-order valence-corrected chi connectivity index (χ1v) is 8.67. The van der Waals surface area contributed by atoms with Crippen molar-refractivity contribution < 1.29 is 4.74 Å². The maximum Gasteiger partial charge on any atom is 0.252 e. The predicted octanol–water partition coefficient (Wildman–Crippen LogP) is 2.69. The number of nitrogen functional groups attached to an aromatic ring is 1. The summed E-state index contributed by atoms with van der Waals surface area (Å²) in [5, 5.41) is 7.68. The van der Waals surface area contributed by atoms with E-state index in [0.717, 1.165) is 22.0 Å². The summed E-state index contributed by atoms with van der Waals surface area (Å²) in [7, 11) is 1.59. The van der Waals surface area contributed by atoms with E-state index in [1.54, 1.807) is 17.7 Å². The molecule has 136 valence electrons. The van der Waals surface area contributed by atoms with Crippen molar-refractivity contribution in [2.24, 2.45) is 0 Å². The van der Waals surface area contributed by atoms with Crippen LogP contribution in [0.25, 0.3) is 22.0 Å². The molecule has 0 aliphatic carbocycles. The third-order valence-electron chi connectivity index (χ3n) is 4.48. The minimum absolute atomic E-state index is 0.163. The van der Waals surface area contributed by atoms with Crippen LogP contribution in [-0.2, 0) is 6.54 Å². The molecule has 0 aliphatic heterocycles. The summed E-state index contributed by atoms with van der Waals surface area (Å²) in [5.41, 5.74) is 2.40. The van der Waals surface area contributed by atoms with Crippen molar-refractivity contribution in [1.82, 2.24) is 19.4 Å². The number of fused-ring (bicyclic) bond motifs is 1. The number of nitrogens with zero attached hydrogens (tertiary/aromatic N) is 3. The summed E-state index contributed by atoms with van der Waals surface area (Å²) < 4.78 is 8.52. The van der Waals surface area contributed by atoms with Crippen molar-refractivity contribution in [3.8, 4) is 16.9 Å². The van der Waals surface area contributed by atoms with Crippen LogP contribution in [0.2, 0.25) is 0 Å². The molecule has 2 heterocycles. The number of methoxy groups -OCH3 is 1. The molecule has 0 saturated carbocycles. The van der Waals surface area contributed by atoms with Gasteiger partial charge in [0.25, 0.3) is 5.56 Å². The third-order valence-corrected chi connectivity index (χ3v) is 4.77. The van der Waals surface area contributed by atoms with E-state index in [2.05, 4.69) is 10.2 Å². The fourth-order valence-electron chi connectivity index (χ4n) is 3.10. The van der Waals surface area contributed by atoms with Gasteiger partial charge >= 0.3 is 0 Å². The molecule has 0 radical (unpaired) electrons. The fourth-order valence-corrected chi connectivity index (χ4v) is 3.25. The summed E-state index contributed by atoms with van der Waals surface area (Å²) in [6.07, 6.45) is 0. The quantitative estimate of drug-likeness (QED) is 0.420. The van der Waals surface area contributed by atoms with E-state index in [1.165, 1.54) is 4.68 Å². The topological polar surface area (TPSA) is 90.9 Å². The number of hydrogen-bond donors (Lipinski definition) is 2. The smallest absolute Gasteiger partial charge is 0.252 e. The Balaban J connectivity index is 1.99. The molecule has 4 aromatic rings. The van der Waals surface area contributed by atoms with Crippen molar-refractivity contribution in [3.63, 3.8) is 0 Å². The Bertz CT molecular complexity index is 1240. The maximum atomic E-state index is 13.0. The van der Waals surface area contributed by atoms with Crippen molar-refractivity contribution >= 4 is 23.1 Å². The van der Waals surface area contributed by atoms with Crippen LogP contribution in [-0.4, -0.2) is 26.6 Å². The largest absolute Gasteiger partial charge is 0.497 e. The number of ether oxygens (including phenoxy) is 1. The average molecular weight is 379 g/mol. The zero-order valence-electron chi connectivity index (χ0n) is 14.5. The van der Waals surface area contributed by atoms with Crippen LogP contribution >= 0.6 is 12.2 Å². The van der Waals surface area contributed by atoms with Crippen molar-refractivity contribution in [1.29, 1.82) is 0 Å². The highest BCUT2D eigenvalue weighted by atomic mass is 32.1. The number of benzene rings is 2. The van der Waals surface area contributed by atoms with E-state index in [4.69, 9.17) is 22.8 Å². The van der Waals surface area contributed by atoms with Gasteiger partial charge in [-0.15, -0.1) is 0 Å².